The van der Waals surface area contributed by atoms with Crippen molar-refractivity contribution in [1.82, 2.24) is 24.7 Å². The van der Waals surface area contributed by atoms with Crippen LogP contribution in [-0.2, 0) is 6.54 Å². The number of pyridine rings is 2. The van der Waals surface area contributed by atoms with E-state index in [0.29, 0.717) is 29.6 Å². The van der Waals surface area contributed by atoms with Crippen LogP contribution in [0.25, 0.3) is 23.0 Å². The largest absolute Gasteiger partial charge is 0.269 e. The maximum atomic E-state index is 11.0. The van der Waals surface area contributed by atoms with Crippen LogP contribution in [-0.4, -0.2) is 29.7 Å². The highest BCUT2D eigenvalue weighted by atomic mass is 16.6. The van der Waals surface area contributed by atoms with Gasteiger partial charge in [-0.3, -0.25) is 20.1 Å². The first-order valence-electron chi connectivity index (χ1n) is 8.22. The lowest BCUT2D eigenvalue weighted by Gasteiger charge is -2.05. The zero-order chi connectivity index (χ0) is 18.6. The molecule has 3 aromatic heterocycles. The molecule has 0 unspecified atom stereocenters. The minimum Gasteiger partial charge on any atom is -0.258 e. The standard InChI is InChI=1S/C19H14N6O2/c26-25(27)15-7-5-6-14(12-15)13-24-19(17-9-2-4-11-21-17)22-18(23-24)16-8-1-3-10-20-16/h1-12H,13H2. The Morgan fingerprint density at radius 2 is 1.67 bits per heavy atom. The number of non-ortho nitro benzene ring substituents is 1. The second kappa shape index (κ2) is 7.12. The molecule has 0 radical (unpaired) electrons. The molecule has 0 spiro atoms. The van der Waals surface area contributed by atoms with Crippen LogP contribution in [0.4, 0.5) is 5.69 Å². The molecule has 3 heterocycles. The Kier molecular flexibility index (Phi) is 4.36. The fraction of sp³-hybridized carbons (Fsp3) is 0.0526. The van der Waals surface area contributed by atoms with E-state index in [0.717, 1.165) is 5.56 Å². The molecule has 0 atom stereocenters. The van der Waals surface area contributed by atoms with Gasteiger partial charge in [-0.1, -0.05) is 24.3 Å². The lowest BCUT2D eigenvalue weighted by atomic mass is 10.2. The van der Waals surface area contributed by atoms with Crippen molar-refractivity contribution in [2.45, 2.75) is 6.54 Å². The first-order valence-corrected chi connectivity index (χ1v) is 8.22. The maximum absolute atomic E-state index is 11.0. The SMILES string of the molecule is O=[N+]([O-])c1cccc(Cn2nc(-c3ccccn3)nc2-c2ccccn2)c1. The molecule has 0 aliphatic heterocycles. The second-order valence-corrected chi connectivity index (χ2v) is 5.77. The van der Waals surface area contributed by atoms with Crippen LogP contribution in [0.2, 0.25) is 0 Å². The van der Waals surface area contributed by atoms with Gasteiger partial charge in [-0.25, -0.2) is 9.67 Å². The van der Waals surface area contributed by atoms with Gasteiger partial charge in [0.2, 0.25) is 0 Å². The molecule has 0 saturated carbocycles. The molecule has 8 nitrogen and oxygen atoms in total. The van der Waals surface area contributed by atoms with Gasteiger partial charge in [-0.2, -0.15) is 0 Å². The Balaban J connectivity index is 1.78. The molecule has 27 heavy (non-hydrogen) atoms. The number of rotatable bonds is 5. The smallest absolute Gasteiger partial charge is 0.258 e. The highest BCUT2D eigenvalue weighted by Gasteiger charge is 2.16. The van der Waals surface area contributed by atoms with E-state index in [9.17, 15) is 10.1 Å². The summed E-state index contributed by atoms with van der Waals surface area (Å²) in [6.45, 7) is 0.327. The van der Waals surface area contributed by atoms with Crippen LogP contribution in [0.3, 0.4) is 0 Å². The van der Waals surface area contributed by atoms with Crippen LogP contribution in [0, 0.1) is 10.1 Å². The lowest BCUT2D eigenvalue weighted by Crippen LogP contribution is -2.05. The summed E-state index contributed by atoms with van der Waals surface area (Å²) in [5.41, 5.74) is 2.10. The summed E-state index contributed by atoms with van der Waals surface area (Å²) in [7, 11) is 0. The van der Waals surface area contributed by atoms with Gasteiger partial charge in [0.25, 0.3) is 5.69 Å². The topological polar surface area (TPSA) is 99.6 Å². The van der Waals surface area contributed by atoms with Gasteiger partial charge >= 0.3 is 0 Å². The van der Waals surface area contributed by atoms with Crippen molar-refractivity contribution >= 4 is 5.69 Å². The molecule has 8 heteroatoms. The molecular formula is C19H14N6O2. The van der Waals surface area contributed by atoms with E-state index in [4.69, 9.17) is 0 Å². The van der Waals surface area contributed by atoms with E-state index >= 15 is 0 Å². The van der Waals surface area contributed by atoms with Crippen LogP contribution in [0.1, 0.15) is 5.56 Å². The fourth-order valence-corrected chi connectivity index (χ4v) is 2.68. The lowest BCUT2D eigenvalue weighted by molar-refractivity contribution is -0.384. The Morgan fingerprint density at radius 1 is 0.926 bits per heavy atom. The fourth-order valence-electron chi connectivity index (χ4n) is 2.68. The number of hydrogen-bond acceptors (Lipinski definition) is 6. The number of aromatic nitrogens is 5. The van der Waals surface area contributed by atoms with Gasteiger partial charge in [0.1, 0.15) is 11.4 Å². The zero-order valence-electron chi connectivity index (χ0n) is 14.1. The van der Waals surface area contributed by atoms with Crippen LogP contribution < -0.4 is 0 Å². The normalized spacial score (nSPS) is 10.7. The summed E-state index contributed by atoms with van der Waals surface area (Å²) in [6, 6.07) is 17.5. The van der Waals surface area contributed by atoms with Gasteiger partial charge in [-0.15, -0.1) is 5.10 Å². The third kappa shape index (κ3) is 3.54. The molecule has 1 aromatic carbocycles. The van der Waals surface area contributed by atoms with Crippen molar-refractivity contribution in [3.63, 3.8) is 0 Å². The minimum atomic E-state index is -0.413. The van der Waals surface area contributed by atoms with Crippen molar-refractivity contribution in [2.75, 3.05) is 0 Å². The molecule has 4 aromatic rings. The molecule has 0 aliphatic carbocycles. The summed E-state index contributed by atoms with van der Waals surface area (Å²) in [5.74, 6) is 1.05. The molecular weight excluding hydrogens is 344 g/mol. The first-order chi connectivity index (χ1) is 13.2. The average molecular weight is 358 g/mol. The molecule has 132 valence electrons. The van der Waals surface area contributed by atoms with Crippen molar-refractivity contribution in [1.29, 1.82) is 0 Å². The highest BCUT2D eigenvalue weighted by molar-refractivity contribution is 5.56. The number of nitro groups is 1. The Bertz CT molecular complexity index is 1080. The predicted octanol–water partition coefficient (Wildman–Crippen LogP) is 3.36. The highest BCUT2D eigenvalue weighted by Crippen LogP contribution is 2.21. The van der Waals surface area contributed by atoms with E-state index < -0.39 is 4.92 Å². The molecule has 0 aliphatic rings. The van der Waals surface area contributed by atoms with Crippen molar-refractivity contribution in [3.05, 3.63) is 88.7 Å². The maximum Gasteiger partial charge on any atom is 0.269 e. The summed E-state index contributed by atoms with van der Waals surface area (Å²) >= 11 is 0. The van der Waals surface area contributed by atoms with E-state index in [1.165, 1.54) is 12.1 Å². The summed E-state index contributed by atoms with van der Waals surface area (Å²) in [5, 5.41) is 15.6. The summed E-state index contributed by atoms with van der Waals surface area (Å²) < 4.78 is 1.69. The number of hydrogen-bond donors (Lipinski definition) is 0. The zero-order valence-corrected chi connectivity index (χ0v) is 14.1. The molecule has 0 N–H and O–H groups in total. The quantitative estimate of drug-likeness (QED) is 0.401. The molecule has 0 saturated heterocycles. The third-order valence-corrected chi connectivity index (χ3v) is 3.91. The van der Waals surface area contributed by atoms with Crippen molar-refractivity contribution < 1.29 is 4.92 Å². The van der Waals surface area contributed by atoms with Gasteiger partial charge < -0.3 is 0 Å². The van der Waals surface area contributed by atoms with Crippen molar-refractivity contribution in [2.24, 2.45) is 0 Å². The van der Waals surface area contributed by atoms with Crippen LogP contribution in [0.15, 0.2) is 73.1 Å². The minimum absolute atomic E-state index is 0.0388. The number of nitro benzene ring substituents is 1. The Labute approximate surface area is 154 Å². The van der Waals surface area contributed by atoms with Crippen LogP contribution >= 0.6 is 0 Å². The van der Waals surface area contributed by atoms with Gasteiger partial charge in [-0.05, 0) is 29.8 Å². The van der Waals surface area contributed by atoms with E-state index in [-0.39, 0.29) is 5.69 Å². The van der Waals surface area contributed by atoms with Gasteiger partial charge in [0, 0.05) is 24.5 Å². The van der Waals surface area contributed by atoms with Crippen LogP contribution in [0.5, 0.6) is 0 Å². The van der Waals surface area contributed by atoms with E-state index in [2.05, 4.69) is 20.1 Å². The van der Waals surface area contributed by atoms with Gasteiger partial charge in [0.05, 0.1) is 11.5 Å². The number of nitrogens with zero attached hydrogens (tertiary/aromatic N) is 6. The van der Waals surface area contributed by atoms with E-state index in [1.54, 1.807) is 23.1 Å². The first kappa shape index (κ1) is 16.5. The summed E-state index contributed by atoms with van der Waals surface area (Å²) in [4.78, 5) is 23.9. The second-order valence-electron chi connectivity index (χ2n) is 5.77. The van der Waals surface area contributed by atoms with E-state index in [1.807, 2.05) is 42.5 Å². The molecule has 0 bridgehead atoms. The number of benzene rings is 1. The third-order valence-electron chi connectivity index (χ3n) is 3.91. The van der Waals surface area contributed by atoms with Crippen molar-refractivity contribution in [3.8, 4) is 23.0 Å². The Hall–Kier alpha value is -3.94. The Morgan fingerprint density at radius 3 is 2.33 bits per heavy atom. The monoisotopic (exact) mass is 358 g/mol. The summed E-state index contributed by atoms with van der Waals surface area (Å²) in [6.07, 6.45) is 3.36. The molecule has 0 amide bonds. The molecule has 0 fully saturated rings. The average Bonchev–Trinajstić information content (AvgIpc) is 3.13. The predicted molar refractivity (Wildman–Crippen MR) is 98.7 cm³/mol. The van der Waals surface area contributed by atoms with Gasteiger partial charge in [0.15, 0.2) is 11.6 Å². The molecule has 4 rings (SSSR count).